The van der Waals surface area contributed by atoms with E-state index in [4.69, 9.17) is 5.11 Å². The van der Waals surface area contributed by atoms with Crippen molar-refractivity contribution >= 4 is 27.7 Å². The fourth-order valence-corrected chi connectivity index (χ4v) is 2.12. The first kappa shape index (κ1) is 12.0. The maximum Gasteiger partial charge on any atom is 0.0503 e. The van der Waals surface area contributed by atoms with Crippen molar-refractivity contribution in [3.05, 3.63) is 28.5 Å². The standard InChI is InChI=1S/C10H14BrNOS/c1-8(4-5-13)14-7-10-3-2-9(11)6-12-10/h2-3,6,8,13H,4-5,7H2,1H3. The van der Waals surface area contributed by atoms with Gasteiger partial charge in [0, 0.05) is 28.3 Å². The molecule has 2 nitrogen and oxygen atoms in total. The maximum atomic E-state index is 8.74. The van der Waals surface area contributed by atoms with Crippen LogP contribution < -0.4 is 0 Å². The first-order valence-corrected chi connectivity index (χ1v) is 6.39. The molecule has 0 aliphatic heterocycles. The molecule has 0 spiro atoms. The van der Waals surface area contributed by atoms with Gasteiger partial charge in [-0.1, -0.05) is 6.92 Å². The van der Waals surface area contributed by atoms with E-state index in [2.05, 4.69) is 27.8 Å². The van der Waals surface area contributed by atoms with Gasteiger partial charge in [-0.25, -0.2) is 0 Å². The SMILES string of the molecule is CC(CCO)SCc1ccc(Br)cn1. The number of aliphatic hydroxyl groups excluding tert-OH is 1. The summed E-state index contributed by atoms with van der Waals surface area (Å²) in [6.07, 6.45) is 2.66. The summed E-state index contributed by atoms with van der Waals surface area (Å²) >= 11 is 5.17. The molecule has 0 radical (unpaired) electrons. The molecule has 0 aliphatic carbocycles. The Labute approximate surface area is 97.3 Å². The van der Waals surface area contributed by atoms with Gasteiger partial charge in [0.05, 0.1) is 5.69 Å². The highest BCUT2D eigenvalue weighted by Crippen LogP contribution is 2.19. The van der Waals surface area contributed by atoms with Crippen LogP contribution in [0, 0.1) is 0 Å². The number of rotatable bonds is 5. The lowest BCUT2D eigenvalue weighted by atomic mass is 10.3. The van der Waals surface area contributed by atoms with Crippen molar-refractivity contribution < 1.29 is 5.11 Å². The summed E-state index contributed by atoms with van der Waals surface area (Å²) in [4.78, 5) is 4.28. The van der Waals surface area contributed by atoms with Crippen molar-refractivity contribution in [3.8, 4) is 0 Å². The van der Waals surface area contributed by atoms with Crippen molar-refractivity contribution in [1.82, 2.24) is 4.98 Å². The molecule has 1 aromatic heterocycles. The predicted octanol–water partition coefficient (Wildman–Crippen LogP) is 2.85. The van der Waals surface area contributed by atoms with Crippen LogP contribution in [0.25, 0.3) is 0 Å². The molecule has 1 rings (SSSR count). The summed E-state index contributed by atoms with van der Waals surface area (Å²) in [6, 6.07) is 4.02. The van der Waals surface area contributed by atoms with Crippen molar-refractivity contribution in [3.63, 3.8) is 0 Å². The van der Waals surface area contributed by atoms with Crippen LogP contribution in [-0.4, -0.2) is 21.9 Å². The molecule has 0 amide bonds. The fourth-order valence-electron chi connectivity index (χ4n) is 0.985. The van der Waals surface area contributed by atoms with Gasteiger partial charge in [-0.15, -0.1) is 0 Å². The quantitative estimate of drug-likeness (QED) is 0.897. The van der Waals surface area contributed by atoms with Gasteiger partial charge in [0.15, 0.2) is 0 Å². The summed E-state index contributed by atoms with van der Waals surface area (Å²) in [6.45, 7) is 2.39. The lowest BCUT2D eigenvalue weighted by molar-refractivity contribution is 0.289. The smallest absolute Gasteiger partial charge is 0.0503 e. The molecule has 1 unspecified atom stereocenters. The van der Waals surface area contributed by atoms with Crippen LogP contribution in [-0.2, 0) is 5.75 Å². The number of aromatic nitrogens is 1. The van der Waals surface area contributed by atoms with Crippen molar-refractivity contribution in [2.45, 2.75) is 24.3 Å². The number of pyridine rings is 1. The van der Waals surface area contributed by atoms with Crippen LogP contribution in [0.4, 0.5) is 0 Å². The Balaban J connectivity index is 2.34. The predicted molar refractivity (Wildman–Crippen MR) is 64.4 cm³/mol. The second kappa shape index (κ2) is 6.43. The zero-order valence-electron chi connectivity index (χ0n) is 8.11. The van der Waals surface area contributed by atoms with Gasteiger partial charge in [-0.05, 0) is 34.5 Å². The summed E-state index contributed by atoms with van der Waals surface area (Å²) in [5.74, 6) is 0.911. The molecule has 0 bridgehead atoms. The first-order valence-electron chi connectivity index (χ1n) is 4.55. The maximum absolute atomic E-state index is 8.74. The Kier molecular flexibility index (Phi) is 5.52. The van der Waals surface area contributed by atoms with Gasteiger partial charge >= 0.3 is 0 Å². The van der Waals surface area contributed by atoms with Crippen LogP contribution in [0.5, 0.6) is 0 Å². The van der Waals surface area contributed by atoms with Crippen molar-refractivity contribution in [2.24, 2.45) is 0 Å². The number of hydrogen-bond acceptors (Lipinski definition) is 3. The number of thioether (sulfide) groups is 1. The zero-order chi connectivity index (χ0) is 10.4. The highest BCUT2D eigenvalue weighted by Gasteiger charge is 2.02. The zero-order valence-corrected chi connectivity index (χ0v) is 10.5. The average Bonchev–Trinajstić information content (AvgIpc) is 2.17. The van der Waals surface area contributed by atoms with E-state index in [-0.39, 0.29) is 6.61 Å². The summed E-state index contributed by atoms with van der Waals surface area (Å²) in [5.41, 5.74) is 1.09. The van der Waals surface area contributed by atoms with E-state index in [1.807, 2.05) is 30.1 Å². The molecular formula is C10H14BrNOS. The lowest BCUT2D eigenvalue weighted by Gasteiger charge is -2.08. The number of aliphatic hydroxyl groups is 1. The highest BCUT2D eigenvalue weighted by molar-refractivity contribution is 9.10. The molecule has 0 saturated carbocycles. The Bertz CT molecular complexity index is 265. The second-order valence-corrected chi connectivity index (χ2v) is 5.44. The molecule has 78 valence electrons. The number of halogens is 1. The Hall–Kier alpha value is -0.0600. The fraction of sp³-hybridized carbons (Fsp3) is 0.500. The van der Waals surface area contributed by atoms with E-state index >= 15 is 0 Å². The van der Waals surface area contributed by atoms with Gasteiger partial charge in [-0.2, -0.15) is 11.8 Å². The van der Waals surface area contributed by atoms with E-state index in [1.165, 1.54) is 0 Å². The molecule has 4 heteroatoms. The molecule has 1 aromatic rings. The summed E-state index contributed by atoms with van der Waals surface area (Å²) in [5, 5.41) is 9.23. The molecule has 0 saturated heterocycles. The minimum atomic E-state index is 0.266. The van der Waals surface area contributed by atoms with Crippen molar-refractivity contribution in [1.29, 1.82) is 0 Å². The van der Waals surface area contributed by atoms with E-state index in [0.717, 1.165) is 22.3 Å². The van der Waals surface area contributed by atoms with Gasteiger partial charge in [0.1, 0.15) is 0 Å². The second-order valence-electron chi connectivity index (χ2n) is 3.10. The van der Waals surface area contributed by atoms with Gasteiger partial charge in [0.25, 0.3) is 0 Å². The third kappa shape index (κ3) is 4.44. The summed E-state index contributed by atoms with van der Waals surface area (Å²) < 4.78 is 1.01. The third-order valence-electron chi connectivity index (χ3n) is 1.84. The van der Waals surface area contributed by atoms with E-state index in [9.17, 15) is 0 Å². The minimum absolute atomic E-state index is 0.266. The lowest BCUT2D eigenvalue weighted by Crippen LogP contribution is -2.00. The largest absolute Gasteiger partial charge is 0.396 e. The highest BCUT2D eigenvalue weighted by atomic mass is 79.9. The normalized spacial score (nSPS) is 12.8. The first-order chi connectivity index (χ1) is 6.72. The van der Waals surface area contributed by atoms with E-state index in [0.29, 0.717) is 5.25 Å². The minimum Gasteiger partial charge on any atom is -0.396 e. The molecular weight excluding hydrogens is 262 g/mol. The number of nitrogens with zero attached hydrogens (tertiary/aromatic N) is 1. The monoisotopic (exact) mass is 275 g/mol. The Morgan fingerprint density at radius 2 is 2.36 bits per heavy atom. The van der Waals surface area contributed by atoms with Crippen LogP contribution >= 0.6 is 27.7 Å². The van der Waals surface area contributed by atoms with Crippen LogP contribution in [0.2, 0.25) is 0 Å². The van der Waals surface area contributed by atoms with Crippen LogP contribution in [0.1, 0.15) is 19.0 Å². The topological polar surface area (TPSA) is 33.1 Å². The van der Waals surface area contributed by atoms with Gasteiger partial charge < -0.3 is 5.11 Å². The molecule has 0 aliphatic rings. The summed E-state index contributed by atoms with van der Waals surface area (Å²) in [7, 11) is 0. The Morgan fingerprint density at radius 3 is 2.93 bits per heavy atom. The molecule has 0 fully saturated rings. The third-order valence-corrected chi connectivity index (χ3v) is 3.58. The van der Waals surface area contributed by atoms with Crippen LogP contribution in [0.15, 0.2) is 22.8 Å². The molecule has 1 atom stereocenters. The molecule has 1 heterocycles. The van der Waals surface area contributed by atoms with Gasteiger partial charge in [0.2, 0.25) is 0 Å². The average molecular weight is 276 g/mol. The van der Waals surface area contributed by atoms with E-state index in [1.54, 1.807) is 0 Å². The van der Waals surface area contributed by atoms with Gasteiger partial charge in [-0.3, -0.25) is 4.98 Å². The molecule has 1 N–H and O–H groups in total. The van der Waals surface area contributed by atoms with E-state index < -0.39 is 0 Å². The number of hydrogen-bond donors (Lipinski definition) is 1. The van der Waals surface area contributed by atoms with Crippen LogP contribution in [0.3, 0.4) is 0 Å². The molecule has 14 heavy (non-hydrogen) atoms. The van der Waals surface area contributed by atoms with Crippen molar-refractivity contribution in [2.75, 3.05) is 6.61 Å². The molecule has 0 aromatic carbocycles. The Morgan fingerprint density at radius 1 is 1.57 bits per heavy atom.